The summed E-state index contributed by atoms with van der Waals surface area (Å²) in [6.07, 6.45) is 1.83. The van der Waals surface area contributed by atoms with Crippen molar-refractivity contribution in [2.24, 2.45) is 10.9 Å². The Bertz CT molecular complexity index is 572. The highest BCUT2D eigenvalue weighted by Gasteiger charge is 2.21. The van der Waals surface area contributed by atoms with Gasteiger partial charge in [0.25, 0.3) is 5.91 Å². The van der Waals surface area contributed by atoms with Gasteiger partial charge in [0.2, 0.25) is 0 Å². The van der Waals surface area contributed by atoms with Crippen LogP contribution in [0.3, 0.4) is 0 Å². The van der Waals surface area contributed by atoms with Gasteiger partial charge in [-0.25, -0.2) is 4.99 Å². The highest BCUT2D eigenvalue weighted by Crippen LogP contribution is 2.23. The average molecular weight is 270 g/mol. The molecule has 0 radical (unpaired) electrons. The first-order chi connectivity index (χ1) is 9.27. The van der Waals surface area contributed by atoms with Crippen LogP contribution in [0.2, 0.25) is 0 Å². The van der Waals surface area contributed by atoms with E-state index in [2.05, 4.69) is 43.2 Å². The van der Waals surface area contributed by atoms with Gasteiger partial charge in [-0.3, -0.25) is 4.79 Å². The fourth-order valence-electron chi connectivity index (χ4n) is 2.00. The molecule has 1 aliphatic rings. The molecule has 1 N–H and O–H groups in total. The molecule has 0 unspecified atom stereocenters. The minimum atomic E-state index is -0.117. The van der Waals surface area contributed by atoms with Gasteiger partial charge in [0, 0.05) is 5.92 Å². The Kier molecular flexibility index (Phi) is 3.80. The number of hydrogen-bond acceptors (Lipinski definition) is 2. The standard InChI is InChI=1S/C17H22N2O/c1-11(2)15-18-14(16(20)19-15)10-12-6-8-13(9-7-12)17(3,4)5/h6-11H,1-5H3,(H,18,19,20)/b14-10+. The normalized spacial score (nSPS) is 17.6. The fourth-order valence-corrected chi connectivity index (χ4v) is 2.00. The van der Waals surface area contributed by atoms with Gasteiger partial charge in [0.1, 0.15) is 11.5 Å². The molecular formula is C17H22N2O. The van der Waals surface area contributed by atoms with Crippen molar-refractivity contribution in [2.75, 3.05) is 0 Å². The monoisotopic (exact) mass is 270 g/mol. The molecule has 3 nitrogen and oxygen atoms in total. The molecule has 0 aliphatic carbocycles. The summed E-state index contributed by atoms with van der Waals surface area (Å²) < 4.78 is 0. The topological polar surface area (TPSA) is 41.5 Å². The Hall–Kier alpha value is -1.90. The zero-order valence-electron chi connectivity index (χ0n) is 12.8. The van der Waals surface area contributed by atoms with E-state index in [-0.39, 0.29) is 17.2 Å². The van der Waals surface area contributed by atoms with Crippen molar-refractivity contribution in [1.29, 1.82) is 0 Å². The van der Waals surface area contributed by atoms with Gasteiger partial charge >= 0.3 is 0 Å². The van der Waals surface area contributed by atoms with Crippen molar-refractivity contribution in [1.82, 2.24) is 5.32 Å². The highest BCUT2D eigenvalue weighted by atomic mass is 16.2. The van der Waals surface area contributed by atoms with Crippen LogP contribution in [0.4, 0.5) is 0 Å². The van der Waals surface area contributed by atoms with Crippen LogP contribution in [0.5, 0.6) is 0 Å². The number of nitrogens with one attached hydrogen (secondary N) is 1. The molecule has 1 aromatic carbocycles. The molecule has 0 fully saturated rings. The molecule has 1 heterocycles. The summed E-state index contributed by atoms with van der Waals surface area (Å²) in [4.78, 5) is 16.2. The lowest BCUT2D eigenvalue weighted by Gasteiger charge is -2.18. The zero-order valence-corrected chi connectivity index (χ0v) is 12.8. The van der Waals surface area contributed by atoms with Crippen LogP contribution in [-0.4, -0.2) is 11.7 Å². The minimum absolute atomic E-state index is 0.117. The lowest BCUT2D eigenvalue weighted by atomic mass is 9.87. The molecule has 0 saturated heterocycles. The zero-order chi connectivity index (χ0) is 14.9. The third kappa shape index (κ3) is 3.16. The maximum atomic E-state index is 11.8. The van der Waals surface area contributed by atoms with Crippen LogP contribution in [0, 0.1) is 5.92 Å². The number of rotatable bonds is 2. The summed E-state index contributed by atoms with van der Waals surface area (Å²) in [6, 6.07) is 8.27. The molecule has 1 amide bonds. The van der Waals surface area contributed by atoms with E-state index in [4.69, 9.17) is 0 Å². The Morgan fingerprint density at radius 1 is 1.15 bits per heavy atom. The van der Waals surface area contributed by atoms with Gasteiger partial charge in [-0.15, -0.1) is 0 Å². The molecule has 3 heteroatoms. The van der Waals surface area contributed by atoms with E-state index in [0.29, 0.717) is 5.70 Å². The second-order valence-corrected chi connectivity index (χ2v) is 6.51. The average Bonchev–Trinajstić information content (AvgIpc) is 2.71. The summed E-state index contributed by atoms with van der Waals surface area (Å²) >= 11 is 0. The molecular weight excluding hydrogens is 248 g/mol. The molecule has 0 bridgehead atoms. The Balaban J connectivity index is 2.25. The van der Waals surface area contributed by atoms with Crippen molar-refractivity contribution in [3.8, 4) is 0 Å². The second kappa shape index (κ2) is 5.23. The number of benzene rings is 1. The number of carbonyl (C=O) groups is 1. The predicted molar refractivity (Wildman–Crippen MR) is 83.5 cm³/mol. The largest absolute Gasteiger partial charge is 0.308 e. The summed E-state index contributed by atoms with van der Waals surface area (Å²) in [5.74, 6) is 0.856. The van der Waals surface area contributed by atoms with Gasteiger partial charge < -0.3 is 5.32 Å². The van der Waals surface area contributed by atoms with Gasteiger partial charge in [-0.05, 0) is 22.6 Å². The first-order valence-electron chi connectivity index (χ1n) is 6.99. The number of amidine groups is 1. The van der Waals surface area contributed by atoms with E-state index in [1.807, 2.05) is 32.1 Å². The third-order valence-electron chi connectivity index (χ3n) is 3.34. The van der Waals surface area contributed by atoms with Crippen molar-refractivity contribution in [2.45, 2.75) is 40.0 Å². The van der Waals surface area contributed by atoms with Crippen LogP contribution < -0.4 is 5.32 Å². The Labute approximate surface area is 120 Å². The number of aliphatic imine (C=N–C) groups is 1. The van der Waals surface area contributed by atoms with Gasteiger partial charge in [-0.1, -0.05) is 58.9 Å². The van der Waals surface area contributed by atoms with E-state index < -0.39 is 0 Å². The van der Waals surface area contributed by atoms with E-state index in [0.717, 1.165) is 11.4 Å². The Morgan fingerprint density at radius 2 is 1.75 bits per heavy atom. The second-order valence-electron chi connectivity index (χ2n) is 6.51. The molecule has 1 aliphatic heterocycles. The molecule has 0 atom stereocenters. The van der Waals surface area contributed by atoms with Crippen molar-refractivity contribution < 1.29 is 4.79 Å². The van der Waals surface area contributed by atoms with Crippen molar-refractivity contribution in [3.05, 3.63) is 41.1 Å². The number of nitrogens with zero attached hydrogens (tertiary/aromatic N) is 1. The van der Waals surface area contributed by atoms with Crippen LogP contribution in [0.25, 0.3) is 6.08 Å². The highest BCUT2D eigenvalue weighted by molar-refractivity contribution is 6.14. The summed E-state index contributed by atoms with van der Waals surface area (Å²) in [7, 11) is 0. The minimum Gasteiger partial charge on any atom is -0.308 e. The predicted octanol–water partition coefficient (Wildman–Crippen LogP) is 3.51. The van der Waals surface area contributed by atoms with Crippen LogP contribution in [-0.2, 0) is 10.2 Å². The first kappa shape index (κ1) is 14.5. The van der Waals surface area contributed by atoms with Crippen LogP contribution in [0.15, 0.2) is 35.0 Å². The van der Waals surface area contributed by atoms with Gasteiger partial charge in [0.15, 0.2) is 0 Å². The van der Waals surface area contributed by atoms with E-state index >= 15 is 0 Å². The van der Waals surface area contributed by atoms with Gasteiger partial charge in [-0.2, -0.15) is 0 Å². The third-order valence-corrected chi connectivity index (χ3v) is 3.34. The van der Waals surface area contributed by atoms with Gasteiger partial charge in [0.05, 0.1) is 0 Å². The number of amides is 1. The maximum Gasteiger partial charge on any atom is 0.275 e. The fraction of sp³-hybridized carbons (Fsp3) is 0.412. The quantitative estimate of drug-likeness (QED) is 0.821. The molecule has 0 aromatic heterocycles. The summed E-state index contributed by atoms with van der Waals surface area (Å²) in [6.45, 7) is 10.6. The van der Waals surface area contributed by atoms with Crippen molar-refractivity contribution in [3.63, 3.8) is 0 Å². The first-order valence-corrected chi connectivity index (χ1v) is 6.99. The van der Waals surface area contributed by atoms with Crippen LogP contribution >= 0.6 is 0 Å². The summed E-state index contributed by atoms with van der Waals surface area (Å²) in [5, 5.41) is 2.80. The SMILES string of the molecule is CC(C)C1=N/C(=C/c2ccc(C(C)(C)C)cc2)C(=O)N1. The lowest BCUT2D eigenvalue weighted by Crippen LogP contribution is -2.27. The number of carbonyl (C=O) groups excluding carboxylic acids is 1. The van der Waals surface area contributed by atoms with Crippen LogP contribution in [0.1, 0.15) is 45.7 Å². The smallest absolute Gasteiger partial charge is 0.275 e. The Morgan fingerprint density at radius 3 is 2.20 bits per heavy atom. The molecule has 106 valence electrons. The summed E-state index contributed by atoms with van der Waals surface area (Å²) in [5.41, 5.74) is 2.90. The van der Waals surface area contributed by atoms with E-state index in [1.54, 1.807) is 0 Å². The molecule has 0 saturated carbocycles. The van der Waals surface area contributed by atoms with Crippen molar-refractivity contribution >= 4 is 17.8 Å². The number of hydrogen-bond donors (Lipinski definition) is 1. The molecule has 2 rings (SSSR count). The molecule has 1 aromatic rings. The van der Waals surface area contributed by atoms with E-state index in [9.17, 15) is 4.79 Å². The molecule has 20 heavy (non-hydrogen) atoms. The molecule has 0 spiro atoms. The maximum absolute atomic E-state index is 11.8. The lowest BCUT2D eigenvalue weighted by molar-refractivity contribution is -0.115. The van der Waals surface area contributed by atoms with E-state index in [1.165, 1.54) is 5.56 Å².